The van der Waals surface area contributed by atoms with Gasteiger partial charge in [0.1, 0.15) is 0 Å². The lowest BCUT2D eigenvalue weighted by atomic mass is 10.1. The van der Waals surface area contributed by atoms with E-state index in [1.54, 1.807) is 7.05 Å². The third-order valence-corrected chi connectivity index (χ3v) is 4.40. The summed E-state index contributed by atoms with van der Waals surface area (Å²) in [5, 5.41) is 14.0. The van der Waals surface area contributed by atoms with Gasteiger partial charge in [-0.3, -0.25) is 14.4 Å². The maximum absolute atomic E-state index is 13.0. The Kier molecular flexibility index (Phi) is 8.32. The fraction of sp³-hybridized carbons (Fsp3) is 0.588. The van der Waals surface area contributed by atoms with Gasteiger partial charge in [-0.1, -0.05) is 0 Å². The van der Waals surface area contributed by atoms with E-state index in [1.807, 2.05) is 32.5 Å². The zero-order valence-electron chi connectivity index (χ0n) is 16.8. The Hall–Kier alpha value is -1.79. The Morgan fingerprint density at radius 3 is 2.39 bits per heavy atom. The molecular formula is C17H27F3IN7. The van der Waals surface area contributed by atoms with Gasteiger partial charge in [-0.15, -0.1) is 24.0 Å². The molecule has 158 valence electrons. The Morgan fingerprint density at radius 1 is 1.25 bits per heavy atom. The van der Waals surface area contributed by atoms with Gasteiger partial charge >= 0.3 is 6.18 Å². The number of nitrogens with zero attached hydrogens (tertiary/aromatic N) is 5. The molecule has 2 aromatic heterocycles. The SMILES string of the molecule is CN=C(NCc1cn(C)nc1C(F)(F)F)NC(C)Cc1c(C)nn(C)c1C.I. The molecule has 0 aliphatic carbocycles. The van der Waals surface area contributed by atoms with Crippen molar-refractivity contribution < 1.29 is 13.2 Å². The van der Waals surface area contributed by atoms with Crippen LogP contribution in [0.1, 0.15) is 35.1 Å². The minimum absolute atomic E-state index is 0. The molecular weight excluding hydrogens is 486 g/mol. The number of hydrogen-bond acceptors (Lipinski definition) is 3. The minimum atomic E-state index is -4.49. The van der Waals surface area contributed by atoms with Gasteiger partial charge in [-0.2, -0.15) is 23.4 Å². The third-order valence-electron chi connectivity index (χ3n) is 4.40. The van der Waals surface area contributed by atoms with Crippen molar-refractivity contribution in [1.82, 2.24) is 30.2 Å². The van der Waals surface area contributed by atoms with E-state index in [0.717, 1.165) is 28.1 Å². The first kappa shape index (κ1) is 24.2. The van der Waals surface area contributed by atoms with Crippen molar-refractivity contribution in [1.29, 1.82) is 0 Å². The van der Waals surface area contributed by atoms with Crippen molar-refractivity contribution in [2.24, 2.45) is 19.1 Å². The first-order valence-electron chi connectivity index (χ1n) is 8.58. The third kappa shape index (κ3) is 5.85. The monoisotopic (exact) mass is 513 g/mol. The van der Waals surface area contributed by atoms with E-state index < -0.39 is 11.9 Å². The standard InChI is InChI=1S/C17H26F3N7.HI/c1-10(7-14-11(2)24-27(6)12(14)3)23-16(21-4)22-8-13-9-26(5)25-15(13)17(18,19)20;/h9-10H,7-8H2,1-6H3,(H2,21,22,23);1H. The first-order valence-corrected chi connectivity index (χ1v) is 8.58. The quantitative estimate of drug-likeness (QED) is 0.367. The van der Waals surface area contributed by atoms with Gasteiger partial charge < -0.3 is 10.6 Å². The van der Waals surface area contributed by atoms with Crippen molar-refractivity contribution in [3.8, 4) is 0 Å². The van der Waals surface area contributed by atoms with E-state index >= 15 is 0 Å². The lowest BCUT2D eigenvalue weighted by Gasteiger charge is -2.18. The summed E-state index contributed by atoms with van der Waals surface area (Å²) in [4.78, 5) is 4.10. The van der Waals surface area contributed by atoms with Crippen LogP contribution in [-0.2, 0) is 33.2 Å². The summed E-state index contributed by atoms with van der Waals surface area (Å²) in [7, 11) is 4.94. The van der Waals surface area contributed by atoms with Gasteiger partial charge in [0.2, 0.25) is 0 Å². The van der Waals surface area contributed by atoms with Crippen LogP contribution in [0.2, 0.25) is 0 Å². The predicted molar refractivity (Wildman–Crippen MR) is 113 cm³/mol. The molecule has 1 atom stereocenters. The molecule has 0 aliphatic rings. The van der Waals surface area contributed by atoms with Gasteiger partial charge in [0.15, 0.2) is 11.7 Å². The molecule has 0 amide bonds. The molecule has 1 unspecified atom stereocenters. The Bertz CT molecular complexity index is 824. The van der Waals surface area contributed by atoms with E-state index in [9.17, 15) is 13.2 Å². The lowest BCUT2D eigenvalue weighted by molar-refractivity contribution is -0.142. The van der Waals surface area contributed by atoms with Gasteiger partial charge in [-0.05, 0) is 32.8 Å². The van der Waals surface area contributed by atoms with Crippen LogP contribution in [0.25, 0.3) is 0 Å². The number of aliphatic imine (C=N–C) groups is 1. The van der Waals surface area contributed by atoms with Crippen LogP contribution in [0.3, 0.4) is 0 Å². The fourth-order valence-corrected chi connectivity index (χ4v) is 2.98. The van der Waals surface area contributed by atoms with E-state index in [2.05, 4.69) is 25.8 Å². The summed E-state index contributed by atoms with van der Waals surface area (Å²) in [6.45, 7) is 5.93. The lowest BCUT2D eigenvalue weighted by Crippen LogP contribution is -2.43. The maximum atomic E-state index is 13.0. The van der Waals surface area contributed by atoms with Gasteiger partial charge in [0, 0.05) is 51.2 Å². The number of alkyl halides is 3. The molecule has 0 radical (unpaired) electrons. The molecule has 2 heterocycles. The number of nitrogens with one attached hydrogen (secondary N) is 2. The van der Waals surface area contributed by atoms with Crippen LogP contribution in [0.15, 0.2) is 11.2 Å². The summed E-state index contributed by atoms with van der Waals surface area (Å²) in [5.74, 6) is 0.429. The number of aromatic nitrogens is 4. The number of halogens is 4. The summed E-state index contributed by atoms with van der Waals surface area (Å²) < 4.78 is 42.1. The molecule has 2 rings (SSSR count). The molecule has 0 aliphatic heterocycles. The van der Waals surface area contributed by atoms with Crippen molar-refractivity contribution in [3.05, 3.63) is 34.4 Å². The molecule has 7 nitrogen and oxygen atoms in total. The average molecular weight is 513 g/mol. The minimum Gasteiger partial charge on any atom is -0.354 e. The highest BCUT2D eigenvalue weighted by Crippen LogP contribution is 2.30. The predicted octanol–water partition coefficient (Wildman–Crippen LogP) is 2.70. The molecule has 0 aromatic carbocycles. The summed E-state index contributed by atoms with van der Waals surface area (Å²) in [6, 6.07) is 0.0220. The number of aryl methyl sites for hydroxylation is 3. The van der Waals surface area contributed by atoms with E-state index in [1.165, 1.54) is 13.2 Å². The highest BCUT2D eigenvalue weighted by molar-refractivity contribution is 14.0. The molecule has 0 saturated carbocycles. The summed E-state index contributed by atoms with van der Waals surface area (Å²) >= 11 is 0. The van der Waals surface area contributed by atoms with Crippen molar-refractivity contribution in [2.75, 3.05) is 7.05 Å². The van der Waals surface area contributed by atoms with Crippen molar-refractivity contribution in [3.63, 3.8) is 0 Å². The summed E-state index contributed by atoms with van der Waals surface area (Å²) in [5.41, 5.74) is 2.40. The largest absolute Gasteiger partial charge is 0.435 e. The molecule has 0 fully saturated rings. The van der Waals surface area contributed by atoms with Crippen LogP contribution in [0.5, 0.6) is 0 Å². The van der Waals surface area contributed by atoms with Gasteiger partial charge in [0.05, 0.1) is 5.69 Å². The highest BCUT2D eigenvalue weighted by Gasteiger charge is 2.36. The average Bonchev–Trinajstić information content (AvgIpc) is 3.06. The molecule has 0 spiro atoms. The molecule has 2 N–H and O–H groups in total. The molecule has 0 bridgehead atoms. The van der Waals surface area contributed by atoms with E-state index in [0.29, 0.717) is 5.96 Å². The topological polar surface area (TPSA) is 72.1 Å². The Labute approximate surface area is 179 Å². The van der Waals surface area contributed by atoms with Gasteiger partial charge in [0.25, 0.3) is 0 Å². The van der Waals surface area contributed by atoms with Crippen LogP contribution < -0.4 is 10.6 Å². The fourth-order valence-electron chi connectivity index (χ4n) is 2.98. The molecule has 0 saturated heterocycles. The normalized spacial score (nSPS) is 13.2. The van der Waals surface area contributed by atoms with Gasteiger partial charge in [-0.25, -0.2) is 0 Å². The second-order valence-corrected chi connectivity index (χ2v) is 6.62. The molecule has 11 heteroatoms. The van der Waals surface area contributed by atoms with Crippen LogP contribution in [0.4, 0.5) is 13.2 Å². The zero-order chi connectivity index (χ0) is 20.4. The highest BCUT2D eigenvalue weighted by atomic mass is 127. The van der Waals surface area contributed by atoms with Crippen LogP contribution in [0, 0.1) is 13.8 Å². The summed E-state index contributed by atoms with van der Waals surface area (Å²) in [6.07, 6.45) is -2.40. The Morgan fingerprint density at radius 2 is 1.89 bits per heavy atom. The smallest absolute Gasteiger partial charge is 0.354 e. The second kappa shape index (κ2) is 9.61. The Balaban J connectivity index is 0.00000392. The van der Waals surface area contributed by atoms with Crippen LogP contribution in [-0.4, -0.2) is 38.6 Å². The van der Waals surface area contributed by atoms with E-state index in [-0.39, 0.29) is 42.1 Å². The zero-order valence-corrected chi connectivity index (χ0v) is 19.2. The second-order valence-electron chi connectivity index (χ2n) is 6.62. The van der Waals surface area contributed by atoms with E-state index in [4.69, 9.17) is 0 Å². The van der Waals surface area contributed by atoms with Crippen molar-refractivity contribution in [2.45, 2.75) is 46.0 Å². The molecule has 28 heavy (non-hydrogen) atoms. The number of hydrogen-bond donors (Lipinski definition) is 2. The number of guanidine groups is 1. The molecule has 2 aromatic rings. The first-order chi connectivity index (χ1) is 12.5. The van der Waals surface area contributed by atoms with Crippen LogP contribution >= 0.6 is 24.0 Å². The maximum Gasteiger partial charge on any atom is 0.435 e. The van der Waals surface area contributed by atoms with Crippen molar-refractivity contribution >= 4 is 29.9 Å². The number of rotatable bonds is 5.